The van der Waals surface area contributed by atoms with Gasteiger partial charge in [-0.2, -0.15) is 0 Å². The molecule has 1 aliphatic rings. The van der Waals surface area contributed by atoms with Gasteiger partial charge in [0.2, 0.25) is 0 Å². The standard InChI is InChI=1S/C14H18N4O2S/c1-9-6-13(20-17-9)12-4-3-5-18(12)14(19)15-7-11-8-21-10(2)16-11/h6,8,12H,3-5,7H2,1-2H3,(H,15,19)/t12-/m0/s1. The second-order valence-electron chi connectivity index (χ2n) is 5.24. The van der Waals surface area contributed by atoms with Crippen molar-refractivity contribution in [2.24, 2.45) is 0 Å². The van der Waals surface area contributed by atoms with Crippen molar-refractivity contribution in [2.75, 3.05) is 6.54 Å². The Morgan fingerprint density at radius 2 is 2.43 bits per heavy atom. The number of urea groups is 1. The van der Waals surface area contributed by atoms with E-state index >= 15 is 0 Å². The zero-order valence-electron chi connectivity index (χ0n) is 12.1. The van der Waals surface area contributed by atoms with Gasteiger partial charge in [-0.05, 0) is 26.7 Å². The molecule has 0 aromatic carbocycles. The first-order valence-electron chi connectivity index (χ1n) is 7.02. The van der Waals surface area contributed by atoms with Crippen LogP contribution in [0.25, 0.3) is 0 Å². The number of nitrogens with one attached hydrogen (secondary N) is 1. The van der Waals surface area contributed by atoms with Crippen LogP contribution in [0.5, 0.6) is 0 Å². The highest BCUT2D eigenvalue weighted by Gasteiger charge is 2.32. The van der Waals surface area contributed by atoms with Crippen LogP contribution in [-0.4, -0.2) is 27.6 Å². The lowest BCUT2D eigenvalue weighted by Gasteiger charge is -2.22. The Kier molecular flexibility index (Phi) is 3.92. The van der Waals surface area contributed by atoms with Gasteiger partial charge in [0.05, 0.1) is 29.0 Å². The number of rotatable bonds is 3. The molecule has 1 aliphatic heterocycles. The molecular formula is C14H18N4O2S. The Balaban J connectivity index is 1.63. The summed E-state index contributed by atoms with van der Waals surface area (Å²) in [7, 11) is 0. The van der Waals surface area contributed by atoms with Crippen molar-refractivity contribution in [3.05, 3.63) is 33.6 Å². The Hall–Kier alpha value is -1.89. The molecule has 0 aliphatic carbocycles. The topological polar surface area (TPSA) is 71.3 Å². The number of nitrogens with zero attached hydrogens (tertiary/aromatic N) is 3. The van der Waals surface area contributed by atoms with Gasteiger partial charge in [-0.1, -0.05) is 5.16 Å². The highest BCUT2D eigenvalue weighted by atomic mass is 32.1. The van der Waals surface area contributed by atoms with Crippen LogP contribution in [0.15, 0.2) is 16.0 Å². The first kappa shape index (κ1) is 14.1. The van der Waals surface area contributed by atoms with Gasteiger partial charge in [0.15, 0.2) is 5.76 Å². The van der Waals surface area contributed by atoms with Crippen molar-refractivity contribution < 1.29 is 9.32 Å². The summed E-state index contributed by atoms with van der Waals surface area (Å²) in [5.41, 5.74) is 1.74. The number of aryl methyl sites for hydroxylation is 2. The summed E-state index contributed by atoms with van der Waals surface area (Å²) < 4.78 is 5.31. The predicted molar refractivity (Wildman–Crippen MR) is 79.0 cm³/mol. The van der Waals surface area contributed by atoms with Gasteiger partial charge in [0.25, 0.3) is 0 Å². The summed E-state index contributed by atoms with van der Waals surface area (Å²) in [5.74, 6) is 0.768. The van der Waals surface area contributed by atoms with Crippen molar-refractivity contribution in [1.29, 1.82) is 0 Å². The third-order valence-electron chi connectivity index (χ3n) is 3.58. The third kappa shape index (κ3) is 3.07. The molecule has 2 amide bonds. The molecule has 0 spiro atoms. The molecule has 0 bridgehead atoms. The number of thiazole rings is 1. The van der Waals surface area contributed by atoms with E-state index in [2.05, 4.69) is 15.5 Å². The Morgan fingerprint density at radius 3 is 3.10 bits per heavy atom. The summed E-state index contributed by atoms with van der Waals surface area (Å²) in [6.45, 7) is 5.05. The molecule has 3 rings (SSSR count). The maximum atomic E-state index is 12.3. The highest BCUT2D eigenvalue weighted by molar-refractivity contribution is 7.09. The number of aromatic nitrogens is 2. The number of likely N-dealkylation sites (tertiary alicyclic amines) is 1. The van der Waals surface area contributed by atoms with Crippen molar-refractivity contribution in [3.8, 4) is 0 Å². The van der Waals surface area contributed by atoms with E-state index in [1.807, 2.05) is 30.2 Å². The molecule has 3 heterocycles. The van der Waals surface area contributed by atoms with Gasteiger partial charge < -0.3 is 14.7 Å². The lowest BCUT2D eigenvalue weighted by Crippen LogP contribution is -2.39. The minimum absolute atomic E-state index is 0.0108. The van der Waals surface area contributed by atoms with E-state index in [-0.39, 0.29) is 12.1 Å². The largest absolute Gasteiger partial charge is 0.359 e. The molecule has 1 saturated heterocycles. The molecule has 6 nitrogen and oxygen atoms in total. The van der Waals surface area contributed by atoms with Gasteiger partial charge in [0.1, 0.15) is 0 Å². The van der Waals surface area contributed by atoms with E-state index in [0.717, 1.165) is 41.5 Å². The molecule has 1 N–H and O–H groups in total. The molecule has 1 atom stereocenters. The van der Waals surface area contributed by atoms with Crippen LogP contribution >= 0.6 is 11.3 Å². The van der Waals surface area contributed by atoms with E-state index in [4.69, 9.17) is 4.52 Å². The molecular weight excluding hydrogens is 288 g/mol. The maximum absolute atomic E-state index is 12.3. The number of hydrogen-bond acceptors (Lipinski definition) is 5. The molecule has 112 valence electrons. The minimum Gasteiger partial charge on any atom is -0.359 e. The quantitative estimate of drug-likeness (QED) is 0.946. The lowest BCUT2D eigenvalue weighted by atomic mass is 10.1. The van der Waals surface area contributed by atoms with E-state index in [0.29, 0.717) is 6.54 Å². The number of hydrogen-bond donors (Lipinski definition) is 1. The minimum atomic E-state index is -0.0720. The van der Waals surface area contributed by atoms with E-state index in [9.17, 15) is 4.79 Å². The summed E-state index contributed by atoms with van der Waals surface area (Å²) in [6.07, 6.45) is 1.89. The van der Waals surface area contributed by atoms with Crippen LogP contribution in [0, 0.1) is 13.8 Å². The van der Waals surface area contributed by atoms with Gasteiger partial charge in [-0.15, -0.1) is 11.3 Å². The second kappa shape index (κ2) is 5.85. The Morgan fingerprint density at radius 1 is 1.57 bits per heavy atom. The first-order chi connectivity index (χ1) is 10.1. The average Bonchev–Trinajstić information content (AvgIpc) is 3.16. The molecule has 2 aromatic heterocycles. The predicted octanol–water partition coefficient (Wildman–Crippen LogP) is 2.79. The highest BCUT2D eigenvalue weighted by Crippen LogP contribution is 2.32. The molecule has 0 unspecified atom stereocenters. The number of carbonyl (C=O) groups excluding carboxylic acids is 1. The van der Waals surface area contributed by atoms with Crippen molar-refractivity contribution in [2.45, 2.75) is 39.3 Å². The van der Waals surface area contributed by atoms with Crippen LogP contribution in [0.1, 0.15) is 41.0 Å². The maximum Gasteiger partial charge on any atom is 0.318 e. The van der Waals surface area contributed by atoms with Gasteiger partial charge in [0, 0.05) is 18.0 Å². The zero-order valence-corrected chi connectivity index (χ0v) is 12.9. The van der Waals surface area contributed by atoms with Gasteiger partial charge >= 0.3 is 6.03 Å². The molecule has 2 aromatic rings. The SMILES string of the molecule is Cc1cc([C@@H]2CCCN2C(=O)NCc2csc(C)n2)on1. The molecule has 0 radical (unpaired) electrons. The monoisotopic (exact) mass is 306 g/mol. The third-order valence-corrected chi connectivity index (χ3v) is 4.40. The zero-order chi connectivity index (χ0) is 14.8. The molecule has 1 fully saturated rings. The van der Waals surface area contributed by atoms with Crippen LogP contribution in [-0.2, 0) is 6.54 Å². The molecule has 0 saturated carbocycles. The summed E-state index contributed by atoms with van der Waals surface area (Å²) in [6, 6.07) is 1.82. The van der Waals surface area contributed by atoms with Crippen LogP contribution in [0.2, 0.25) is 0 Å². The van der Waals surface area contributed by atoms with Gasteiger partial charge in [-0.3, -0.25) is 0 Å². The van der Waals surface area contributed by atoms with Crippen LogP contribution in [0.4, 0.5) is 4.79 Å². The average molecular weight is 306 g/mol. The van der Waals surface area contributed by atoms with Crippen molar-refractivity contribution in [3.63, 3.8) is 0 Å². The fourth-order valence-electron chi connectivity index (χ4n) is 2.60. The fourth-order valence-corrected chi connectivity index (χ4v) is 3.22. The summed E-state index contributed by atoms with van der Waals surface area (Å²) in [5, 5.41) is 9.82. The van der Waals surface area contributed by atoms with Crippen molar-refractivity contribution >= 4 is 17.4 Å². The fraction of sp³-hybridized carbons (Fsp3) is 0.500. The lowest BCUT2D eigenvalue weighted by molar-refractivity contribution is 0.182. The number of amides is 2. The Labute approximate surface area is 127 Å². The normalized spacial score (nSPS) is 18.2. The smallest absolute Gasteiger partial charge is 0.318 e. The van der Waals surface area contributed by atoms with Crippen molar-refractivity contribution in [1.82, 2.24) is 20.4 Å². The summed E-state index contributed by atoms with van der Waals surface area (Å²) in [4.78, 5) is 18.5. The van der Waals surface area contributed by atoms with Crippen LogP contribution in [0.3, 0.4) is 0 Å². The molecule has 7 heteroatoms. The van der Waals surface area contributed by atoms with E-state index in [1.165, 1.54) is 0 Å². The van der Waals surface area contributed by atoms with E-state index in [1.54, 1.807) is 11.3 Å². The first-order valence-corrected chi connectivity index (χ1v) is 7.90. The number of carbonyl (C=O) groups is 1. The second-order valence-corrected chi connectivity index (χ2v) is 6.30. The summed E-state index contributed by atoms with van der Waals surface area (Å²) >= 11 is 1.59. The van der Waals surface area contributed by atoms with Gasteiger partial charge in [-0.25, -0.2) is 9.78 Å². The van der Waals surface area contributed by atoms with Crippen LogP contribution < -0.4 is 5.32 Å². The Bertz CT molecular complexity index is 636. The molecule has 21 heavy (non-hydrogen) atoms. The van der Waals surface area contributed by atoms with E-state index < -0.39 is 0 Å².